The number of esters is 1. The Labute approximate surface area is 218 Å². The van der Waals surface area contributed by atoms with E-state index in [1.807, 2.05) is 18.2 Å². The van der Waals surface area contributed by atoms with Gasteiger partial charge in [-0.05, 0) is 47.4 Å². The van der Waals surface area contributed by atoms with Crippen LogP contribution in [0.3, 0.4) is 0 Å². The van der Waals surface area contributed by atoms with E-state index in [0.29, 0.717) is 37.0 Å². The van der Waals surface area contributed by atoms with Gasteiger partial charge in [0.25, 0.3) is 0 Å². The summed E-state index contributed by atoms with van der Waals surface area (Å²) in [5, 5.41) is 13.1. The number of fused-ring (bicyclic) bond motifs is 1. The average Bonchev–Trinajstić information content (AvgIpc) is 3.44. The third kappa shape index (κ3) is 7.81. The predicted octanol–water partition coefficient (Wildman–Crippen LogP) is 5.26. The molecule has 0 saturated heterocycles. The zero-order valence-electron chi connectivity index (χ0n) is 22.2. The lowest BCUT2D eigenvalue weighted by molar-refractivity contribution is -0.150. The maximum atomic E-state index is 13.3. The van der Waals surface area contributed by atoms with E-state index in [9.17, 15) is 4.79 Å². The molecule has 2 atom stereocenters. The molecular formula is C25H40N6O3SSi. The number of rotatable bonds is 15. The minimum Gasteiger partial charge on any atom is -0.465 e. The van der Waals surface area contributed by atoms with E-state index in [1.54, 1.807) is 4.68 Å². The molecule has 1 aromatic carbocycles. The molecule has 3 aromatic rings. The van der Waals surface area contributed by atoms with E-state index in [0.717, 1.165) is 41.1 Å². The van der Waals surface area contributed by atoms with Gasteiger partial charge in [0.1, 0.15) is 6.73 Å². The number of unbranched alkanes of at least 4 members (excludes halogenated alkanes) is 1. The first-order chi connectivity index (χ1) is 17.2. The van der Waals surface area contributed by atoms with Crippen molar-refractivity contribution in [2.75, 3.05) is 18.9 Å². The Morgan fingerprint density at radius 3 is 2.72 bits per heavy atom. The number of nitrogens with two attached hydrogens (primary N) is 1. The molecule has 9 nitrogen and oxygen atoms in total. The second-order valence-electron chi connectivity index (χ2n) is 10.4. The van der Waals surface area contributed by atoms with E-state index < -0.39 is 8.07 Å². The summed E-state index contributed by atoms with van der Waals surface area (Å²) < 4.78 is 14.4. The minimum atomic E-state index is -1.21. The van der Waals surface area contributed by atoms with Crippen LogP contribution in [0.5, 0.6) is 0 Å². The molecular weight excluding hydrogens is 492 g/mol. The smallest absolute Gasteiger partial charge is 0.309 e. The summed E-state index contributed by atoms with van der Waals surface area (Å²) >= 11 is 1.46. The fraction of sp³-hybridized carbons (Fsp3) is 0.640. The van der Waals surface area contributed by atoms with Crippen LogP contribution in [-0.2, 0) is 27.4 Å². The summed E-state index contributed by atoms with van der Waals surface area (Å²) in [7, 11) is -1.21. The van der Waals surface area contributed by atoms with Crippen molar-refractivity contribution in [3.05, 3.63) is 29.6 Å². The topological polar surface area (TPSA) is 118 Å². The summed E-state index contributed by atoms with van der Waals surface area (Å²) in [5.74, 6) is -0.239. The largest absolute Gasteiger partial charge is 0.465 e. The number of hydrogen-bond acceptors (Lipinski definition) is 9. The van der Waals surface area contributed by atoms with Crippen molar-refractivity contribution < 1.29 is 14.3 Å². The van der Waals surface area contributed by atoms with Crippen LogP contribution >= 0.6 is 11.3 Å². The fourth-order valence-corrected chi connectivity index (χ4v) is 5.69. The minimum absolute atomic E-state index is 0.200. The highest BCUT2D eigenvalue weighted by Crippen LogP contribution is 2.35. The summed E-state index contributed by atoms with van der Waals surface area (Å²) in [4.78, 5) is 17.9. The van der Waals surface area contributed by atoms with Gasteiger partial charge in [0.15, 0.2) is 11.0 Å². The van der Waals surface area contributed by atoms with Crippen LogP contribution in [0, 0.1) is 5.92 Å². The van der Waals surface area contributed by atoms with Crippen molar-refractivity contribution in [3.63, 3.8) is 0 Å². The number of hydrogen-bond donors (Lipinski definition) is 1. The van der Waals surface area contributed by atoms with Gasteiger partial charge in [-0.25, -0.2) is 9.67 Å². The molecule has 0 aliphatic rings. The van der Waals surface area contributed by atoms with Crippen molar-refractivity contribution in [3.8, 4) is 0 Å². The lowest BCUT2D eigenvalue weighted by Crippen LogP contribution is -2.29. The van der Waals surface area contributed by atoms with E-state index in [-0.39, 0.29) is 24.5 Å². The third-order valence-corrected chi connectivity index (χ3v) is 8.74. The Balaban J connectivity index is 1.92. The van der Waals surface area contributed by atoms with Crippen LogP contribution in [0.25, 0.3) is 10.2 Å². The van der Waals surface area contributed by atoms with E-state index >= 15 is 0 Å². The van der Waals surface area contributed by atoms with Gasteiger partial charge in [0, 0.05) is 20.6 Å². The van der Waals surface area contributed by atoms with Gasteiger partial charge in [0.05, 0.1) is 22.7 Å². The molecule has 0 radical (unpaired) electrons. The Kier molecular flexibility index (Phi) is 10.4. The molecule has 2 N–H and O–H groups in total. The van der Waals surface area contributed by atoms with E-state index in [2.05, 4.69) is 54.0 Å². The summed E-state index contributed by atoms with van der Waals surface area (Å²) in [5.41, 5.74) is 7.90. The number of nitrogen functional groups attached to an aromatic ring is 1. The van der Waals surface area contributed by atoms with Gasteiger partial charge in [-0.3, -0.25) is 4.79 Å². The Morgan fingerprint density at radius 2 is 2.00 bits per heavy atom. The number of nitrogens with zero attached hydrogens (tertiary/aromatic N) is 5. The highest BCUT2D eigenvalue weighted by Gasteiger charge is 2.35. The number of aromatic nitrogens is 5. The molecule has 0 amide bonds. The quantitative estimate of drug-likeness (QED) is 0.160. The number of carbonyl (C=O) groups excluding carboxylic acids is 1. The van der Waals surface area contributed by atoms with Crippen molar-refractivity contribution in [2.24, 2.45) is 5.92 Å². The first kappa shape index (κ1) is 28.2. The summed E-state index contributed by atoms with van der Waals surface area (Å²) in [6, 6.07) is 7.12. The molecule has 36 heavy (non-hydrogen) atoms. The maximum absolute atomic E-state index is 13.3. The lowest BCUT2D eigenvalue weighted by atomic mass is 9.83. The van der Waals surface area contributed by atoms with Crippen molar-refractivity contribution in [1.82, 2.24) is 25.2 Å². The predicted molar refractivity (Wildman–Crippen MR) is 147 cm³/mol. The fourth-order valence-electron chi connectivity index (χ4n) is 4.15. The number of anilines is 1. The van der Waals surface area contributed by atoms with Crippen LogP contribution in [0.4, 0.5) is 5.13 Å². The van der Waals surface area contributed by atoms with Crippen LogP contribution in [0.2, 0.25) is 25.7 Å². The van der Waals surface area contributed by atoms with Crippen LogP contribution < -0.4 is 5.73 Å². The monoisotopic (exact) mass is 532 g/mol. The molecule has 0 aliphatic carbocycles. The number of para-hydroxylation sites is 1. The van der Waals surface area contributed by atoms with Crippen molar-refractivity contribution in [2.45, 2.75) is 84.3 Å². The standard InChI is InChI=1S/C25H40N6O3SSi/c1-6-8-13-34-24(32)19(10-7-2)20(16-18-11-9-12-21-22(18)27-25(26)35-21)23-28-29-30-31(23)17-33-14-15-36(3,4)5/h9,11-12,19-20H,6-8,10,13-17H2,1-5H3,(H2,26,27)/t19?,20-/m0/s1. The molecule has 0 spiro atoms. The zero-order chi connectivity index (χ0) is 26.1. The van der Waals surface area contributed by atoms with Crippen molar-refractivity contribution in [1.29, 1.82) is 0 Å². The Bertz CT molecular complexity index is 1110. The first-order valence-electron chi connectivity index (χ1n) is 12.9. The number of benzene rings is 1. The molecule has 1 unspecified atom stereocenters. The molecule has 0 bridgehead atoms. The van der Waals surface area contributed by atoms with Gasteiger partial charge in [-0.1, -0.05) is 69.8 Å². The van der Waals surface area contributed by atoms with Crippen LogP contribution in [0.15, 0.2) is 18.2 Å². The SMILES string of the molecule is CCCCOC(=O)C(CCC)[C@H](Cc1cccc2sc(N)nc12)c1nnnn1COCC[Si](C)(C)C. The zero-order valence-corrected chi connectivity index (χ0v) is 24.0. The molecule has 0 aliphatic heterocycles. The Hall–Kier alpha value is -2.37. The lowest BCUT2D eigenvalue weighted by Gasteiger charge is -2.25. The average molecular weight is 533 g/mol. The van der Waals surface area contributed by atoms with Crippen LogP contribution in [-0.4, -0.2) is 52.4 Å². The molecule has 11 heteroatoms. The van der Waals surface area contributed by atoms with Gasteiger partial charge in [0.2, 0.25) is 0 Å². The van der Waals surface area contributed by atoms with Gasteiger partial charge < -0.3 is 15.2 Å². The molecule has 0 saturated carbocycles. The molecule has 3 rings (SSSR count). The van der Waals surface area contributed by atoms with E-state index in [1.165, 1.54) is 11.3 Å². The number of tetrazole rings is 1. The highest BCUT2D eigenvalue weighted by atomic mass is 32.1. The number of ether oxygens (including phenoxy) is 2. The van der Waals surface area contributed by atoms with Gasteiger partial charge in [-0.15, -0.1) is 5.10 Å². The highest BCUT2D eigenvalue weighted by molar-refractivity contribution is 7.22. The normalized spacial score (nSPS) is 13.7. The summed E-state index contributed by atoms with van der Waals surface area (Å²) in [6.07, 6.45) is 3.87. The van der Waals surface area contributed by atoms with Gasteiger partial charge >= 0.3 is 5.97 Å². The van der Waals surface area contributed by atoms with Gasteiger partial charge in [-0.2, -0.15) is 0 Å². The number of thiazole rings is 1. The third-order valence-electron chi connectivity index (χ3n) is 6.19. The van der Waals surface area contributed by atoms with Crippen molar-refractivity contribution >= 4 is 40.7 Å². The summed E-state index contributed by atoms with van der Waals surface area (Å²) in [6.45, 7) is 12.4. The maximum Gasteiger partial charge on any atom is 0.309 e. The molecule has 0 fully saturated rings. The van der Waals surface area contributed by atoms with Crippen LogP contribution in [0.1, 0.15) is 56.8 Å². The van der Waals surface area contributed by atoms with E-state index in [4.69, 9.17) is 15.2 Å². The molecule has 2 heterocycles. The molecule has 198 valence electrons. The second-order valence-corrected chi connectivity index (χ2v) is 17.1. The second kappa shape index (κ2) is 13.3. The first-order valence-corrected chi connectivity index (χ1v) is 17.4. The Morgan fingerprint density at radius 1 is 1.19 bits per heavy atom. The molecule has 2 aromatic heterocycles. The number of carbonyl (C=O) groups is 1.